The second-order valence-corrected chi connectivity index (χ2v) is 7.55. The summed E-state index contributed by atoms with van der Waals surface area (Å²) in [6.45, 7) is 3.44. The number of nitrogens with zero attached hydrogens (tertiary/aromatic N) is 1. The van der Waals surface area contributed by atoms with Gasteiger partial charge in [-0.25, -0.2) is 0 Å². The number of thiophene rings is 1. The fourth-order valence-electron chi connectivity index (χ4n) is 3.22. The molecule has 18 heavy (non-hydrogen) atoms. The van der Waals surface area contributed by atoms with E-state index in [1.54, 1.807) is 0 Å². The van der Waals surface area contributed by atoms with E-state index in [2.05, 4.69) is 51.7 Å². The minimum Gasteiger partial charge on any atom is -0.319 e. The first-order valence-electron chi connectivity index (χ1n) is 6.70. The minimum atomic E-state index is 0.512. The zero-order chi connectivity index (χ0) is 13.0. The molecule has 102 valence electrons. The molecule has 0 unspecified atom stereocenters. The lowest BCUT2D eigenvalue weighted by Gasteiger charge is -2.33. The van der Waals surface area contributed by atoms with Gasteiger partial charge in [-0.2, -0.15) is 0 Å². The van der Waals surface area contributed by atoms with Crippen molar-refractivity contribution in [2.45, 2.75) is 32.2 Å². The van der Waals surface area contributed by atoms with E-state index in [-0.39, 0.29) is 0 Å². The maximum Gasteiger partial charge on any atom is 0.0325 e. The Labute approximate surface area is 123 Å². The minimum absolute atomic E-state index is 0.512. The molecule has 2 rings (SSSR count). The lowest BCUT2D eigenvalue weighted by molar-refractivity contribution is 0.171. The van der Waals surface area contributed by atoms with Crippen molar-refractivity contribution < 1.29 is 0 Å². The van der Waals surface area contributed by atoms with Crippen LogP contribution in [-0.2, 0) is 6.54 Å². The van der Waals surface area contributed by atoms with Gasteiger partial charge in [0.15, 0.2) is 0 Å². The van der Waals surface area contributed by atoms with Crippen LogP contribution in [0.4, 0.5) is 0 Å². The summed E-state index contributed by atoms with van der Waals surface area (Å²) in [6, 6.07) is 2.24. The molecule has 0 atom stereocenters. The summed E-state index contributed by atoms with van der Waals surface area (Å²) in [5.74, 6) is 0. The molecule has 2 nitrogen and oxygen atoms in total. The van der Waals surface area contributed by atoms with Gasteiger partial charge in [0, 0.05) is 34.4 Å². The molecule has 0 saturated heterocycles. The summed E-state index contributed by atoms with van der Waals surface area (Å²) in [7, 11) is 4.33. The highest BCUT2D eigenvalue weighted by Crippen LogP contribution is 2.38. The van der Waals surface area contributed by atoms with Crippen molar-refractivity contribution >= 4 is 27.3 Å². The van der Waals surface area contributed by atoms with E-state index in [1.807, 2.05) is 11.3 Å². The lowest BCUT2D eigenvalue weighted by Crippen LogP contribution is -2.40. The number of rotatable bonds is 6. The van der Waals surface area contributed by atoms with Gasteiger partial charge in [0.05, 0.1) is 0 Å². The van der Waals surface area contributed by atoms with Crippen LogP contribution < -0.4 is 5.32 Å². The Morgan fingerprint density at radius 2 is 2.17 bits per heavy atom. The maximum atomic E-state index is 3.53. The fourth-order valence-corrected chi connectivity index (χ4v) is 4.75. The predicted molar refractivity (Wildman–Crippen MR) is 83.2 cm³/mol. The summed E-state index contributed by atoms with van der Waals surface area (Å²) in [6.07, 6.45) is 5.57. The molecule has 0 bridgehead atoms. The van der Waals surface area contributed by atoms with Crippen LogP contribution in [0.2, 0.25) is 0 Å². The second kappa shape index (κ2) is 6.51. The van der Waals surface area contributed by atoms with E-state index in [0.717, 1.165) is 13.1 Å². The standard InChI is InChI=1S/C14H23BrN2S/c1-16-10-14(5-3-4-6-14)11-17(2)8-13-7-12(15)9-18-13/h7,9,16H,3-6,8,10-11H2,1-2H3. The zero-order valence-corrected chi connectivity index (χ0v) is 13.7. The summed E-state index contributed by atoms with van der Waals surface area (Å²) < 4.78 is 1.21. The van der Waals surface area contributed by atoms with Crippen molar-refractivity contribution in [2.75, 3.05) is 27.2 Å². The molecule has 1 aromatic heterocycles. The first kappa shape index (κ1) is 14.5. The fraction of sp³-hybridized carbons (Fsp3) is 0.714. The Balaban J connectivity index is 1.90. The van der Waals surface area contributed by atoms with Crippen molar-refractivity contribution in [3.63, 3.8) is 0 Å². The predicted octanol–water partition coefficient (Wildman–Crippen LogP) is 3.72. The number of hydrogen-bond acceptors (Lipinski definition) is 3. The normalized spacial score (nSPS) is 18.7. The molecule has 1 aliphatic rings. The molecular weight excluding hydrogens is 308 g/mol. The van der Waals surface area contributed by atoms with Crippen LogP contribution in [0.5, 0.6) is 0 Å². The molecule has 1 fully saturated rings. The molecule has 0 radical (unpaired) electrons. The Morgan fingerprint density at radius 3 is 2.72 bits per heavy atom. The van der Waals surface area contributed by atoms with Crippen molar-refractivity contribution in [2.24, 2.45) is 5.41 Å². The van der Waals surface area contributed by atoms with Crippen LogP contribution in [0, 0.1) is 5.41 Å². The van der Waals surface area contributed by atoms with Gasteiger partial charge in [-0.15, -0.1) is 11.3 Å². The SMILES string of the molecule is CNCC1(CN(C)Cc2cc(Br)cs2)CCCC1. The third kappa shape index (κ3) is 3.80. The summed E-state index contributed by atoms with van der Waals surface area (Å²) in [5, 5.41) is 5.56. The Bertz CT molecular complexity index is 372. The van der Waals surface area contributed by atoms with Crippen LogP contribution in [0.3, 0.4) is 0 Å². The molecule has 4 heteroatoms. The summed E-state index contributed by atoms with van der Waals surface area (Å²) in [4.78, 5) is 3.93. The first-order chi connectivity index (χ1) is 8.63. The van der Waals surface area contributed by atoms with Gasteiger partial charge in [0.25, 0.3) is 0 Å². The molecule has 1 aromatic rings. The van der Waals surface area contributed by atoms with Gasteiger partial charge in [-0.1, -0.05) is 12.8 Å². The monoisotopic (exact) mass is 330 g/mol. The molecule has 0 amide bonds. The molecule has 1 saturated carbocycles. The third-order valence-corrected chi connectivity index (χ3v) is 5.55. The van der Waals surface area contributed by atoms with Crippen LogP contribution in [0.25, 0.3) is 0 Å². The van der Waals surface area contributed by atoms with Crippen molar-refractivity contribution in [1.29, 1.82) is 0 Å². The number of hydrogen-bond donors (Lipinski definition) is 1. The van der Waals surface area contributed by atoms with Gasteiger partial charge in [-0.05, 0) is 54.3 Å². The van der Waals surface area contributed by atoms with E-state index in [9.17, 15) is 0 Å². The van der Waals surface area contributed by atoms with Gasteiger partial charge in [0.1, 0.15) is 0 Å². The molecule has 0 aliphatic heterocycles. The van der Waals surface area contributed by atoms with Crippen molar-refractivity contribution in [1.82, 2.24) is 10.2 Å². The van der Waals surface area contributed by atoms with E-state index >= 15 is 0 Å². The van der Waals surface area contributed by atoms with Crippen molar-refractivity contribution in [3.05, 3.63) is 20.8 Å². The van der Waals surface area contributed by atoms with Crippen LogP contribution in [-0.4, -0.2) is 32.1 Å². The van der Waals surface area contributed by atoms with Crippen molar-refractivity contribution in [3.8, 4) is 0 Å². The number of halogens is 1. The zero-order valence-electron chi connectivity index (χ0n) is 11.3. The van der Waals surface area contributed by atoms with Gasteiger partial charge >= 0.3 is 0 Å². The van der Waals surface area contributed by atoms with Gasteiger partial charge in [0.2, 0.25) is 0 Å². The highest BCUT2D eigenvalue weighted by atomic mass is 79.9. The molecular formula is C14H23BrN2S. The highest BCUT2D eigenvalue weighted by Gasteiger charge is 2.34. The Morgan fingerprint density at radius 1 is 1.44 bits per heavy atom. The Kier molecular flexibility index (Phi) is 5.24. The van der Waals surface area contributed by atoms with E-state index < -0.39 is 0 Å². The average molecular weight is 331 g/mol. The van der Waals surface area contributed by atoms with Crippen LogP contribution in [0.1, 0.15) is 30.6 Å². The average Bonchev–Trinajstić information content (AvgIpc) is 2.89. The molecule has 1 heterocycles. The highest BCUT2D eigenvalue weighted by molar-refractivity contribution is 9.10. The summed E-state index contributed by atoms with van der Waals surface area (Å²) in [5.41, 5.74) is 0.512. The third-order valence-electron chi connectivity index (χ3n) is 3.87. The summed E-state index contributed by atoms with van der Waals surface area (Å²) >= 11 is 5.37. The maximum absolute atomic E-state index is 3.53. The molecule has 1 N–H and O–H groups in total. The van der Waals surface area contributed by atoms with E-state index in [1.165, 1.54) is 41.6 Å². The van der Waals surface area contributed by atoms with Crippen LogP contribution >= 0.6 is 27.3 Å². The quantitative estimate of drug-likeness (QED) is 0.855. The largest absolute Gasteiger partial charge is 0.319 e. The smallest absolute Gasteiger partial charge is 0.0325 e. The van der Waals surface area contributed by atoms with Gasteiger partial charge in [-0.3, -0.25) is 0 Å². The Hall–Kier alpha value is 0.1000. The topological polar surface area (TPSA) is 15.3 Å². The molecule has 1 aliphatic carbocycles. The van der Waals surface area contributed by atoms with E-state index in [0.29, 0.717) is 5.41 Å². The first-order valence-corrected chi connectivity index (χ1v) is 8.37. The number of nitrogens with one attached hydrogen (secondary N) is 1. The van der Waals surface area contributed by atoms with E-state index in [4.69, 9.17) is 0 Å². The van der Waals surface area contributed by atoms with Gasteiger partial charge < -0.3 is 10.2 Å². The lowest BCUT2D eigenvalue weighted by atomic mass is 9.85. The molecule has 0 aromatic carbocycles. The second-order valence-electron chi connectivity index (χ2n) is 5.64. The van der Waals surface area contributed by atoms with Crippen LogP contribution in [0.15, 0.2) is 15.9 Å². The molecule has 0 spiro atoms.